The molecule has 7 nitrogen and oxygen atoms in total. The van der Waals surface area contributed by atoms with Crippen LogP contribution in [0.25, 0.3) is 22.1 Å². The van der Waals surface area contributed by atoms with Crippen molar-refractivity contribution in [3.05, 3.63) is 76.2 Å². The number of fused-ring (bicyclic) bond motifs is 1. The molecule has 0 fully saturated rings. The van der Waals surface area contributed by atoms with Crippen molar-refractivity contribution in [2.24, 2.45) is 0 Å². The monoisotopic (exact) mass is 438 g/mol. The molecule has 0 saturated carbocycles. The number of aliphatic hydroxyl groups is 2. The summed E-state index contributed by atoms with van der Waals surface area (Å²) in [4.78, 5) is 13.3. The van der Waals surface area contributed by atoms with Crippen molar-refractivity contribution in [1.82, 2.24) is 0 Å². The van der Waals surface area contributed by atoms with Gasteiger partial charge in [-0.05, 0) is 37.1 Å². The minimum absolute atomic E-state index is 0.00780. The summed E-state index contributed by atoms with van der Waals surface area (Å²) in [7, 11) is 0. The van der Waals surface area contributed by atoms with E-state index in [0.29, 0.717) is 22.3 Å². The van der Waals surface area contributed by atoms with Crippen molar-refractivity contribution in [2.75, 3.05) is 0 Å². The van der Waals surface area contributed by atoms with Crippen LogP contribution in [-0.4, -0.2) is 37.7 Å². The first-order valence-electron chi connectivity index (χ1n) is 9.99. The van der Waals surface area contributed by atoms with Gasteiger partial charge >= 0.3 is 0 Å². The third-order valence-electron chi connectivity index (χ3n) is 5.46. The molecular formula is C25H26O7. The van der Waals surface area contributed by atoms with E-state index in [4.69, 9.17) is 4.42 Å². The number of phenolic OH excluding ortho intramolecular Hbond substituents is 3. The Balaban J connectivity index is 2.15. The van der Waals surface area contributed by atoms with Crippen molar-refractivity contribution in [2.45, 2.75) is 38.9 Å². The molecule has 2 unspecified atom stereocenters. The molecule has 168 valence electrons. The van der Waals surface area contributed by atoms with Gasteiger partial charge in [-0.2, -0.15) is 0 Å². The van der Waals surface area contributed by atoms with Crippen LogP contribution in [-0.2, 0) is 12.8 Å². The predicted octanol–water partition coefficient (Wildman–Crippen LogP) is 3.54. The molecule has 5 N–H and O–H groups in total. The molecule has 0 aliphatic carbocycles. The first-order valence-corrected chi connectivity index (χ1v) is 9.99. The molecule has 0 aliphatic rings. The Kier molecular flexibility index (Phi) is 6.43. The Labute approximate surface area is 184 Å². The molecule has 1 aromatic heterocycles. The van der Waals surface area contributed by atoms with Crippen molar-refractivity contribution in [3.63, 3.8) is 0 Å². The standard InChI is InChI=1S/C25H26O7/c1-12(2)19(27)8-15-7-14(5-6-18(15)26)17-11-32-22-10-21(29)16(9-20(28)13(3)4)24(30)23(22)25(17)31/h5-7,10-11,19-20,26-30H,1,3,8-9H2,2,4H3. The van der Waals surface area contributed by atoms with Gasteiger partial charge in [-0.3, -0.25) is 4.79 Å². The molecule has 32 heavy (non-hydrogen) atoms. The van der Waals surface area contributed by atoms with Gasteiger partial charge in [0.05, 0.1) is 17.8 Å². The van der Waals surface area contributed by atoms with Gasteiger partial charge in [0.2, 0.25) is 5.43 Å². The molecule has 2 aromatic carbocycles. The molecule has 0 radical (unpaired) electrons. The molecule has 0 spiro atoms. The maximum atomic E-state index is 13.3. The molecule has 7 heteroatoms. The Hall–Kier alpha value is -3.55. The van der Waals surface area contributed by atoms with Gasteiger partial charge in [0.15, 0.2) is 0 Å². The smallest absolute Gasteiger partial charge is 0.204 e. The van der Waals surface area contributed by atoms with Gasteiger partial charge in [0.1, 0.15) is 34.5 Å². The minimum atomic E-state index is -1.01. The first-order chi connectivity index (χ1) is 15.0. The molecule has 0 saturated heterocycles. The van der Waals surface area contributed by atoms with E-state index < -0.39 is 23.4 Å². The van der Waals surface area contributed by atoms with Gasteiger partial charge < -0.3 is 29.9 Å². The van der Waals surface area contributed by atoms with Crippen LogP contribution in [0.3, 0.4) is 0 Å². The molecule has 3 aromatic rings. The zero-order valence-corrected chi connectivity index (χ0v) is 17.9. The van der Waals surface area contributed by atoms with Crippen LogP contribution < -0.4 is 5.43 Å². The highest BCUT2D eigenvalue weighted by atomic mass is 16.3. The van der Waals surface area contributed by atoms with Crippen LogP contribution in [0, 0.1) is 0 Å². The van der Waals surface area contributed by atoms with Gasteiger partial charge in [-0.25, -0.2) is 0 Å². The summed E-state index contributed by atoms with van der Waals surface area (Å²) in [5.74, 6) is -0.831. The van der Waals surface area contributed by atoms with Gasteiger partial charge in [-0.15, -0.1) is 0 Å². The zero-order valence-electron chi connectivity index (χ0n) is 17.9. The van der Waals surface area contributed by atoms with Gasteiger partial charge in [0.25, 0.3) is 0 Å². The van der Waals surface area contributed by atoms with Crippen LogP contribution in [0.4, 0.5) is 0 Å². The summed E-state index contributed by atoms with van der Waals surface area (Å²) >= 11 is 0. The number of benzene rings is 2. The second-order valence-corrected chi connectivity index (χ2v) is 8.05. The van der Waals surface area contributed by atoms with E-state index >= 15 is 0 Å². The maximum Gasteiger partial charge on any atom is 0.204 e. The number of phenols is 3. The zero-order chi connectivity index (χ0) is 23.7. The lowest BCUT2D eigenvalue weighted by atomic mass is 9.96. The van der Waals surface area contributed by atoms with Crippen molar-refractivity contribution < 1.29 is 29.9 Å². The van der Waals surface area contributed by atoms with Crippen molar-refractivity contribution >= 4 is 11.0 Å². The third-order valence-corrected chi connectivity index (χ3v) is 5.46. The SMILES string of the molecule is C=C(C)C(O)Cc1cc(-c2coc3cc(O)c(CC(O)C(=C)C)c(O)c3c2=O)ccc1O. The lowest BCUT2D eigenvalue weighted by Gasteiger charge is -2.15. The molecular weight excluding hydrogens is 412 g/mol. The lowest BCUT2D eigenvalue weighted by Crippen LogP contribution is -2.13. The number of aliphatic hydroxyl groups excluding tert-OH is 2. The first kappa shape index (κ1) is 23.1. The maximum absolute atomic E-state index is 13.3. The number of hydrogen-bond donors (Lipinski definition) is 5. The molecule has 0 bridgehead atoms. The fraction of sp³-hybridized carbons (Fsp3) is 0.240. The second-order valence-electron chi connectivity index (χ2n) is 8.05. The quantitative estimate of drug-likeness (QED) is 0.357. The molecule has 2 atom stereocenters. The third kappa shape index (κ3) is 4.39. The molecule has 1 heterocycles. The van der Waals surface area contributed by atoms with Crippen LogP contribution >= 0.6 is 0 Å². The number of rotatable bonds is 7. The van der Waals surface area contributed by atoms with Crippen LogP contribution in [0.1, 0.15) is 25.0 Å². The van der Waals surface area contributed by atoms with Crippen molar-refractivity contribution in [3.8, 4) is 28.4 Å². The lowest BCUT2D eigenvalue weighted by molar-refractivity contribution is 0.209. The van der Waals surface area contributed by atoms with Crippen LogP contribution in [0.2, 0.25) is 0 Å². The molecule has 3 rings (SSSR count). The van der Waals surface area contributed by atoms with Crippen molar-refractivity contribution in [1.29, 1.82) is 0 Å². The fourth-order valence-corrected chi connectivity index (χ4v) is 3.36. The number of hydrogen-bond acceptors (Lipinski definition) is 7. The van der Waals surface area contributed by atoms with Gasteiger partial charge in [0, 0.05) is 24.5 Å². The summed E-state index contributed by atoms with van der Waals surface area (Å²) in [5.41, 5.74) is 1.37. The van der Waals surface area contributed by atoms with E-state index in [1.165, 1.54) is 24.5 Å². The van der Waals surface area contributed by atoms with E-state index in [-0.39, 0.29) is 46.4 Å². The Morgan fingerprint density at radius 1 is 0.969 bits per heavy atom. The predicted molar refractivity (Wildman–Crippen MR) is 122 cm³/mol. The highest BCUT2D eigenvalue weighted by molar-refractivity contribution is 5.89. The van der Waals surface area contributed by atoms with E-state index in [0.717, 1.165) is 0 Å². The Morgan fingerprint density at radius 2 is 1.59 bits per heavy atom. The van der Waals surface area contributed by atoms with E-state index in [1.807, 2.05) is 0 Å². The summed E-state index contributed by atoms with van der Waals surface area (Å²) < 4.78 is 5.51. The van der Waals surface area contributed by atoms with Gasteiger partial charge in [-0.1, -0.05) is 30.4 Å². The Morgan fingerprint density at radius 3 is 2.22 bits per heavy atom. The summed E-state index contributed by atoms with van der Waals surface area (Å²) in [6, 6.07) is 5.70. The van der Waals surface area contributed by atoms with E-state index in [9.17, 15) is 30.3 Å². The molecule has 0 aliphatic heterocycles. The summed E-state index contributed by atoms with van der Waals surface area (Å²) in [6.45, 7) is 10.6. The summed E-state index contributed by atoms with van der Waals surface area (Å²) in [5, 5.41) is 51.2. The second kappa shape index (κ2) is 8.90. The molecule has 0 amide bonds. The highest BCUT2D eigenvalue weighted by Gasteiger charge is 2.22. The largest absolute Gasteiger partial charge is 0.508 e. The summed E-state index contributed by atoms with van der Waals surface area (Å²) in [6.07, 6.45) is -0.695. The Bertz CT molecular complexity index is 1270. The normalized spacial score (nSPS) is 13.1. The minimum Gasteiger partial charge on any atom is -0.508 e. The highest BCUT2D eigenvalue weighted by Crippen LogP contribution is 2.37. The number of aromatic hydroxyl groups is 3. The van der Waals surface area contributed by atoms with Crippen LogP contribution in [0.15, 0.2) is 64.0 Å². The van der Waals surface area contributed by atoms with Crippen LogP contribution in [0.5, 0.6) is 17.2 Å². The van der Waals surface area contributed by atoms with E-state index in [2.05, 4.69) is 13.2 Å². The fourth-order valence-electron chi connectivity index (χ4n) is 3.36. The van der Waals surface area contributed by atoms with E-state index in [1.54, 1.807) is 19.9 Å². The topological polar surface area (TPSA) is 131 Å². The average molecular weight is 438 g/mol. The average Bonchev–Trinajstić information content (AvgIpc) is 2.72.